The molecule has 0 spiro atoms. The quantitative estimate of drug-likeness (QED) is 0.542. The topological polar surface area (TPSA) is 90.9 Å². The summed E-state index contributed by atoms with van der Waals surface area (Å²) in [5, 5.41) is 2.69. The highest BCUT2D eigenvalue weighted by Crippen LogP contribution is 2.23. The van der Waals surface area contributed by atoms with Crippen LogP contribution in [0.2, 0.25) is 0 Å². The van der Waals surface area contributed by atoms with Crippen molar-refractivity contribution in [3.63, 3.8) is 0 Å². The molecule has 0 unspecified atom stereocenters. The molecule has 2 rings (SSSR count). The molecule has 0 radical (unpaired) electrons. The summed E-state index contributed by atoms with van der Waals surface area (Å²) in [7, 11) is 1.30. The fourth-order valence-corrected chi connectivity index (χ4v) is 2.37. The van der Waals surface area contributed by atoms with Crippen molar-refractivity contribution in [1.29, 1.82) is 0 Å². The fourth-order valence-electron chi connectivity index (χ4n) is 2.37. The largest absolute Gasteiger partial charge is 0.492 e. The number of rotatable bonds is 8. The van der Waals surface area contributed by atoms with Crippen LogP contribution in [0.4, 0.5) is 5.69 Å². The lowest BCUT2D eigenvalue weighted by Crippen LogP contribution is -2.29. The van der Waals surface area contributed by atoms with Crippen LogP contribution in [0.3, 0.4) is 0 Å². The molecule has 0 aliphatic heterocycles. The van der Waals surface area contributed by atoms with E-state index in [2.05, 4.69) is 10.1 Å². The number of para-hydroxylation sites is 2. The second-order valence-electron chi connectivity index (χ2n) is 5.94. The Hall–Kier alpha value is -3.61. The number of ether oxygens (including phenoxy) is 3. The van der Waals surface area contributed by atoms with Gasteiger partial charge in [0.05, 0.1) is 25.0 Å². The Balaban J connectivity index is 1.92. The van der Waals surface area contributed by atoms with Gasteiger partial charge in [-0.05, 0) is 49.8 Å². The predicted molar refractivity (Wildman–Crippen MR) is 109 cm³/mol. The molecule has 0 bridgehead atoms. The van der Waals surface area contributed by atoms with Crippen molar-refractivity contribution in [2.75, 3.05) is 19.0 Å². The van der Waals surface area contributed by atoms with Gasteiger partial charge >= 0.3 is 11.9 Å². The van der Waals surface area contributed by atoms with Crippen LogP contribution >= 0.6 is 0 Å². The van der Waals surface area contributed by atoms with E-state index in [4.69, 9.17) is 9.47 Å². The summed E-state index contributed by atoms with van der Waals surface area (Å²) in [5.74, 6) is -1.04. The molecule has 1 N–H and O–H groups in total. The molecule has 0 aromatic heterocycles. The number of methoxy groups -OCH3 is 1. The van der Waals surface area contributed by atoms with E-state index < -0.39 is 23.9 Å². The van der Waals surface area contributed by atoms with Crippen LogP contribution in [-0.2, 0) is 19.1 Å². The average Bonchev–Trinajstić information content (AvgIpc) is 2.73. The van der Waals surface area contributed by atoms with E-state index in [1.807, 2.05) is 6.92 Å². The highest BCUT2D eigenvalue weighted by Gasteiger charge is 2.18. The number of amides is 1. The summed E-state index contributed by atoms with van der Waals surface area (Å²) < 4.78 is 15.2. The van der Waals surface area contributed by atoms with E-state index in [-0.39, 0.29) is 0 Å². The fraction of sp³-hybridized carbons (Fsp3) is 0.227. The number of nitrogens with one attached hydrogen (secondary N) is 1. The molecule has 29 heavy (non-hydrogen) atoms. The van der Waals surface area contributed by atoms with E-state index in [0.717, 1.165) is 0 Å². The Bertz CT molecular complexity index is 888. The number of esters is 2. The molecule has 1 amide bonds. The van der Waals surface area contributed by atoms with Gasteiger partial charge in [0, 0.05) is 6.08 Å². The summed E-state index contributed by atoms with van der Waals surface area (Å²) >= 11 is 0. The summed E-state index contributed by atoms with van der Waals surface area (Å²) in [6, 6.07) is 13.5. The first-order chi connectivity index (χ1) is 13.9. The predicted octanol–water partition coefficient (Wildman–Crippen LogP) is 3.46. The van der Waals surface area contributed by atoms with Crippen LogP contribution in [0.1, 0.15) is 29.8 Å². The number of anilines is 1. The van der Waals surface area contributed by atoms with E-state index in [1.54, 1.807) is 48.5 Å². The summed E-state index contributed by atoms with van der Waals surface area (Å²) in [4.78, 5) is 35.7. The Morgan fingerprint density at radius 3 is 2.41 bits per heavy atom. The van der Waals surface area contributed by atoms with Gasteiger partial charge in [-0.15, -0.1) is 0 Å². The maximum Gasteiger partial charge on any atom is 0.337 e. The molecule has 0 aliphatic carbocycles. The minimum atomic E-state index is -0.997. The van der Waals surface area contributed by atoms with Crippen LogP contribution in [-0.4, -0.2) is 37.7 Å². The van der Waals surface area contributed by atoms with E-state index in [1.165, 1.54) is 26.2 Å². The van der Waals surface area contributed by atoms with Crippen molar-refractivity contribution in [2.24, 2.45) is 0 Å². The Morgan fingerprint density at radius 2 is 1.76 bits per heavy atom. The van der Waals surface area contributed by atoms with Crippen molar-refractivity contribution in [3.05, 3.63) is 65.7 Å². The highest BCUT2D eigenvalue weighted by atomic mass is 16.5. The first kappa shape index (κ1) is 21.7. The molecule has 0 fully saturated rings. The maximum atomic E-state index is 12.3. The molecule has 0 saturated heterocycles. The van der Waals surface area contributed by atoms with Crippen LogP contribution in [0.5, 0.6) is 5.75 Å². The number of carbonyl (C=O) groups is 3. The lowest BCUT2D eigenvalue weighted by molar-refractivity contribution is -0.148. The first-order valence-corrected chi connectivity index (χ1v) is 9.04. The van der Waals surface area contributed by atoms with Gasteiger partial charge in [0.2, 0.25) is 0 Å². The third-order valence-electron chi connectivity index (χ3n) is 3.85. The number of hydrogen-bond acceptors (Lipinski definition) is 6. The second kappa shape index (κ2) is 10.7. The minimum absolute atomic E-state index is 0.407. The smallest absolute Gasteiger partial charge is 0.337 e. The molecule has 2 aromatic carbocycles. The molecule has 2 aromatic rings. The van der Waals surface area contributed by atoms with Gasteiger partial charge in [-0.3, -0.25) is 4.79 Å². The first-order valence-electron chi connectivity index (χ1n) is 9.04. The summed E-state index contributed by atoms with van der Waals surface area (Å²) in [5.41, 5.74) is 1.60. The van der Waals surface area contributed by atoms with Gasteiger partial charge in [-0.2, -0.15) is 0 Å². The third kappa shape index (κ3) is 6.49. The molecule has 1 atom stereocenters. The molecule has 0 heterocycles. The van der Waals surface area contributed by atoms with Crippen molar-refractivity contribution < 1.29 is 28.6 Å². The second-order valence-corrected chi connectivity index (χ2v) is 5.94. The number of carbonyl (C=O) groups excluding carboxylic acids is 3. The van der Waals surface area contributed by atoms with Crippen molar-refractivity contribution in [3.8, 4) is 5.75 Å². The van der Waals surface area contributed by atoms with Gasteiger partial charge in [-0.25, -0.2) is 9.59 Å². The van der Waals surface area contributed by atoms with Crippen molar-refractivity contribution in [1.82, 2.24) is 0 Å². The maximum absolute atomic E-state index is 12.3. The molecule has 152 valence electrons. The highest BCUT2D eigenvalue weighted by molar-refractivity contribution is 5.97. The number of benzene rings is 2. The lowest BCUT2D eigenvalue weighted by atomic mass is 10.1. The molecule has 0 saturated carbocycles. The Labute approximate surface area is 169 Å². The molecular formula is C22H23NO6. The van der Waals surface area contributed by atoms with E-state index in [0.29, 0.717) is 29.2 Å². The molecule has 7 nitrogen and oxygen atoms in total. The monoisotopic (exact) mass is 397 g/mol. The van der Waals surface area contributed by atoms with Crippen LogP contribution in [0.25, 0.3) is 6.08 Å². The van der Waals surface area contributed by atoms with Gasteiger partial charge in [-0.1, -0.05) is 24.3 Å². The van der Waals surface area contributed by atoms with Crippen molar-refractivity contribution >= 4 is 29.6 Å². The lowest BCUT2D eigenvalue weighted by Gasteiger charge is -2.15. The van der Waals surface area contributed by atoms with Crippen LogP contribution < -0.4 is 10.1 Å². The van der Waals surface area contributed by atoms with Crippen molar-refractivity contribution in [2.45, 2.75) is 20.0 Å². The average molecular weight is 397 g/mol. The third-order valence-corrected chi connectivity index (χ3v) is 3.85. The van der Waals surface area contributed by atoms with Gasteiger partial charge in [0.15, 0.2) is 6.10 Å². The zero-order valence-electron chi connectivity index (χ0n) is 16.5. The van der Waals surface area contributed by atoms with Gasteiger partial charge < -0.3 is 19.5 Å². The normalized spacial score (nSPS) is 11.6. The molecular weight excluding hydrogens is 374 g/mol. The summed E-state index contributed by atoms with van der Waals surface area (Å²) in [6.07, 6.45) is 1.74. The zero-order chi connectivity index (χ0) is 21.2. The van der Waals surface area contributed by atoms with Gasteiger partial charge in [0.25, 0.3) is 5.91 Å². The van der Waals surface area contributed by atoms with E-state index >= 15 is 0 Å². The van der Waals surface area contributed by atoms with Crippen LogP contribution in [0.15, 0.2) is 54.6 Å². The zero-order valence-corrected chi connectivity index (χ0v) is 16.5. The minimum Gasteiger partial charge on any atom is -0.492 e. The molecule has 0 aliphatic rings. The molecule has 7 heteroatoms. The SMILES string of the molecule is CCOc1ccccc1NC(=O)[C@@H](C)OC(=O)/C=C/c1ccc(C(=O)OC)cc1. The summed E-state index contributed by atoms with van der Waals surface area (Å²) in [6.45, 7) is 3.79. The van der Waals surface area contributed by atoms with Crippen LogP contribution in [0, 0.1) is 0 Å². The van der Waals surface area contributed by atoms with Gasteiger partial charge in [0.1, 0.15) is 5.75 Å². The Kier molecular flexibility index (Phi) is 7.97. The standard InChI is InChI=1S/C22H23NO6/c1-4-28-19-8-6-5-7-18(19)23-21(25)15(2)29-20(24)14-11-16-9-12-17(13-10-16)22(26)27-3/h5-15H,4H2,1-3H3,(H,23,25)/b14-11+/t15-/m1/s1. The Morgan fingerprint density at radius 1 is 1.07 bits per heavy atom. The number of hydrogen-bond donors (Lipinski definition) is 1. The van der Waals surface area contributed by atoms with E-state index in [9.17, 15) is 14.4 Å².